The zero-order valence-electron chi connectivity index (χ0n) is 9.68. The summed E-state index contributed by atoms with van der Waals surface area (Å²) in [5.41, 5.74) is 6.79. The molecule has 2 aromatic rings. The van der Waals surface area contributed by atoms with Gasteiger partial charge in [-0.3, -0.25) is 0 Å². The molecule has 0 bridgehead atoms. The summed E-state index contributed by atoms with van der Waals surface area (Å²) < 4.78 is 25.2. The molecular weight excluding hydrogens is 290 g/mol. The topological polar surface area (TPSA) is 60.2 Å². The Kier molecular flexibility index (Phi) is 3.66. The van der Waals surface area contributed by atoms with Crippen molar-refractivity contribution in [3.8, 4) is 0 Å². The quantitative estimate of drug-likeness (QED) is 0.885. The fraction of sp³-hybridized carbons (Fsp3) is 0.167. The Hall–Kier alpha value is -1.04. The summed E-state index contributed by atoms with van der Waals surface area (Å²) in [4.78, 5) is 1.01. The number of rotatable bonds is 3. The van der Waals surface area contributed by atoms with Crippen LogP contribution in [0.3, 0.4) is 0 Å². The first-order valence-electron chi connectivity index (χ1n) is 5.21. The second-order valence-electron chi connectivity index (χ2n) is 3.99. The number of nitrogens with two attached hydrogens (primary N) is 1. The van der Waals surface area contributed by atoms with E-state index in [2.05, 4.69) is 0 Å². The minimum atomic E-state index is -3.38. The van der Waals surface area contributed by atoms with Crippen LogP contribution in [-0.2, 0) is 15.6 Å². The largest absolute Gasteiger partial charge is 0.399 e. The molecular formula is C12H12ClNO2S2. The van der Waals surface area contributed by atoms with Crippen LogP contribution in [0.1, 0.15) is 10.4 Å². The monoisotopic (exact) mass is 301 g/mol. The van der Waals surface area contributed by atoms with Gasteiger partial charge in [-0.15, -0.1) is 11.3 Å². The Labute approximate surface area is 115 Å². The van der Waals surface area contributed by atoms with Crippen molar-refractivity contribution < 1.29 is 8.42 Å². The lowest BCUT2D eigenvalue weighted by Crippen LogP contribution is -2.06. The molecule has 0 spiro atoms. The van der Waals surface area contributed by atoms with Crippen molar-refractivity contribution in [3.05, 3.63) is 45.1 Å². The highest BCUT2D eigenvalue weighted by Crippen LogP contribution is 2.27. The van der Waals surface area contributed by atoms with Crippen LogP contribution in [0.4, 0.5) is 5.69 Å². The maximum atomic E-state index is 12.3. The standard InChI is InChI=1S/C12H12ClNO2S2/c1-8-2-3-9(14)6-11(8)18(15,16)7-10-4-5-12(13)17-10/h2-6H,7,14H2,1H3. The molecule has 1 aromatic heterocycles. The van der Waals surface area contributed by atoms with Gasteiger partial charge in [0.05, 0.1) is 15.0 Å². The van der Waals surface area contributed by atoms with E-state index in [0.717, 1.165) is 4.88 Å². The number of anilines is 1. The van der Waals surface area contributed by atoms with Crippen molar-refractivity contribution in [2.24, 2.45) is 0 Å². The molecule has 0 radical (unpaired) electrons. The third-order valence-corrected chi connectivity index (χ3v) is 5.72. The molecule has 1 aromatic carbocycles. The Morgan fingerprint density at radius 1 is 1.28 bits per heavy atom. The van der Waals surface area contributed by atoms with E-state index < -0.39 is 9.84 Å². The van der Waals surface area contributed by atoms with E-state index in [0.29, 0.717) is 15.6 Å². The molecule has 3 nitrogen and oxygen atoms in total. The minimum Gasteiger partial charge on any atom is -0.399 e. The second kappa shape index (κ2) is 4.91. The van der Waals surface area contributed by atoms with Gasteiger partial charge >= 0.3 is 0 Å². The fourth-order valence-electron chi connectivity index (χ4n) is 1.65. The van der Waals surface area contributed by atoms with Crippen molar-refractivity contribution in [2.75, 3.05) is 5.73 Å². The number of nitrogen functional groups attached to an aromatic ring is 1. The maximum Gasteiger partial charge on any atom is 0.183 e. The zero-order valence-corrected chi connectivity index (χ0v) is 12.1. The number of aryl methyl sites for hydroxylation is 1. The molecule has 18 heavy (non-hydrogen) atoms. The summed E-state index contributed by atoms with van der Waals surface area (Å²) in [6.07, 6.45) is 0. The number of hydrogen-bond donors (Lipinski definition) is 1. The Bertz CT molecular complexity index is 677. The molecule has 0 atom stereocenters. The predicted octanol–water partition coefficient (Wildman–Crippen LogP) is 3.27. The van der Waals surface area contributed by atoms with Crippen LogP contribution in [0, 0.1) is 6.92 Å². The summed E-state index contributed by atoms with van der Waals surface area (Å²) in [6.45, 7) is 1.76. The Balaban J connectivity index is 2.39. The molecule has 0 fully saturated rings. The maximum absolute atomic E-state index is 12.3. The molecule has 0 aliphatic carbocycles. The van der Waals surface area contributed by atoms with Crippen molar-refractivity contribution in [2.45, 2.75) is 17.6 Å². The van der Waals surface area contributed by atoms with Gasteiger partial charge in [0.1, 0.15) is 0 Å². The number of halogens is 1. The molecule has 0 saturated heterocycles. The molecule has 0 amide bonds. The highest BCUT2D eigenvalue weighted by Gasteiger charge is 2.19. The van der Waals surface area contributed by atoms with E-state index in [1.807, 2.05) is 0 Å². The van der Waals surface area contributed by atoms with Gasteiger partial charge in [0, 0.05) is 10.6 Å². The van der Waals surface area contributed by atoms with Crippen molar-refractivity contribution in [1.82, 2.24) is 0 Å². The number of hydrogen-bond acceptors (Lipinski definition) is 4. The summed E-state index contributed by atoms with van der Waals surface area (Å²) in [7, 11) is -3.38. The molecule has 0 aliphatic rings. The van der Waals surface area contributed by atoms with E-state index in [9.17, 15) is 8.42 Å². The lowest BCUT2D eigenvalue weighted by molar-refractivity contribution is 0.595. The molecule has 96 valence electrons. The van der Waals surface area contributed by atoms with Crippen LogP contribution in [0.15, 0.2) is 35.2 Å². The van der Waals surface area contributed by atoms with Crippen molar-refractivity contribution in [1.29, 1.82) is 0 Å². The van der Waals surface area contributed by atoms with Gasteiger partial charge in [0.15, 0.2) is 9.84 Å². The van der Waals surface area contributed by atoms with Crippen molar-refractivity contribution in [3.63, 3.8) is 0 Å². The average Bonchev–Trinajstić information content (AvgIpc) is 2.66. The number of thiophene rings is 1. The highest BCUT2D eigenvalue weighted by molar-refractivity contribution is 7.90. The Morgan fingerprint density at radius 3 is 2.61 bits per heavy atom. The molecule has 0 saturated carbocycles. The van der Waals surface area contributed by atoms with Gasteiger partial charge in [0.25, 0.3) is 0 Å². The van der Waals surface area contributed by atoms with Crippen molar-refractivity contribution >= 4 is 38.5 Å². The van der Waals surface area contributed by atoms with Gasteiger partial charge in [-0.25, -0.2) is 8.42 Å². The fourth-order valence-corrected chi connectivity index (χ4v) is 4.73. The lowest BCUT2D eigenvalue weighted by Gasteiger charge is -2.07. The van der Waals surface area contributed by atoms with E-state index >= 15 is 0 Å². The average molecular weight is 302 g/mol. The van der Waals surface area contributed by atoms with Crippen LogP contribution in [0.2, 0.25) is 4.34 Å². The third-order valence-electron chi connectivity index (χ3n) is 2.51. The van der Waals surface area contributed by atoms with Gasteiger partial charge in [-0.2, -0.15) is 0 Å². The molecule has 0 unspecified atom stereocenters. The third kappa shape index (κ3) is 2.85. The first kappa shape index (κ1) is 13.4. The summed E-state index contributed by atoms with van der Waals surface area (Å²) in [6, 6.07) is 8.33. The van der Waals surface area contributed by atoms with Gasteiger partial charge in [-0.1, -0.05) is 17.7 Å². The zero-order chi connectivity index (χ0) is 13.3. The Morgan fingerprint density at radius 2 is 2.00 bits per heavy atom. The molecule has 6 heteroatoms. The van der Waals surface area contributed by atoms with Crippen LogP contribution in [-0.4, -0.2) is 8.42 Å². The normalized spacial score (nSPS) is 11.7. The van der Waals surface area contributed by atoms with Crippen LogP contribution in [0.25, 0.3) is 0 Å². The summed E-state index contributed by atoms with van der Waals surface area (Å²) in [5.74, 6) is -0.0469. The first-order chi connectivity index (χ1) is 8.38. The number of benzene rings is 1. The predicted molar refractivity (Wildman–Crippen MR) is 75.8 cm³/mol. The summed E-state index contributed by atoms with van der Waals surface area (Å²) in [5, 5.41) is 0. The van der Waals surface area contributed by atoms with Crippen LogP contribution < -0.4 is 5.73 Å². The smallest absolute Gasteiger partial charge is 0.183 e. The second-order valence-corrected chi connectivity index (χ2v) is 7.75. The highest BCUT2D eigenvalue weighted by atomic mass is 35.5. The number of sulfone groups is 1. The van der Waals surface area contributed by atoms with Gasteiger partial charge in [0.2, 0.25) is 0 Å². The first-order valence-corrected chi connectivity index (χ1v) is 8.06. The van der Waals surface area contributed by atoms with Gasteiger partial charge < -0.3 is 5.73 Å². The van der Waals surface area contributed by atoms with E-state index in [4.69, 9.17) is 17.3 Å². The van der Waals surface area contributed by atoms with E-state index in [-0.39, 0.29) is 10.6 Å². The van der Waals surface area contributed by atoms with Crippen LogP contribution in [0.5, 0.6) is 0 Å². The minimum absolute atomic E-state index is 0.0469. The van der Waals surface area contributed by atoms with E-state index in [1.54, 1.807) is 31.2 Å². The summed E-state index contributed by atoms with van der Waals surface area (Å²) >= 11 is 7.07. The SMILES string of the molecule is Cc1ccc(N)cc1S(=O)(=O)Cc1ccc(Cl)s1. The molecule has 2 rings (SSSR count). The lowest BCUT2D eigenvalue weighted by atomic mass is 10.2. The van der Waals surface area contributed by atoms with E-state index in [1.165, 1.54) is 17.4 Å². The molecule has 0 aliphatic heterocycles. The van der Waals surface area contributed by atoms with Crippen LogP contribution >= 0.6 is 22.9 Å². The van der Waals surface area contributed by atoms with Gasteiger partial charge in [-0.05, 0) is 36.8 Å². The molecule has 2 N–H and O–H groups in total. The molecule has 1 heterocycles.